The molecule has 0 saturated carbocycles. The molecule has 10 heteroatoms. The number of halogens is 2. The zero-order valence-electron chi connectivity index (χ0n) is 21.9. The smallest absolute Gasteiger partial charge is 0.255 e. The fourth-order valence-corrected chi connectivity index (χ4v) is 5.58. The van der Waals surface area contributed by atoms with Crippen LogP contribution in [0, 0.1) is 11.6 Å². The van der Waals surface area contributed by atoms with E-state index in [4.69, 9.17) is 4.98 Å². The van der Waals surface area contributed by atoms with Gasteiger partial charge in [0.15, 0.2) is 5.65 Å². The highest BCUT2D eigenvalue weighted by Gasteiger charge is 2.30. The van der Waals surface area contributed by atoms with Gasteiger partial charge in [-0.15, -0.1) is 0 Å². The van der Waals surface area contributed by atoms with Crippen molar-refractivity contribution in [2.24, 2.45) is 0 Å². The Balaban J connectivity index is 1.19. The summed E-state index contributed by atoms with van der Waals surface area (Å²) < 4.78 is 30.1. The summed E-state index contributed by atoms with van der Waals surface area (Å²) in [6.07, 6.45) is 4.86. The molecule has 4 aromatic rings. The van der Waals surface area contributed by atoms with Gasteiger partial charge in [-0.25, -0.2) is 18.3 Å². The van der Waals surface area contributed by atoms with Crippen LogP contribution in [0.2, 0.25) is 0 Å². The molecule has 1 amide bonds. The summed E-state index contributed by atoms with van der Waals surface area (Å²) in [7, 11) is 0. The maximum absolute atomic E-state index is 14.6. The number of anilines is 3. The van der Waals surface area contributed by atoms with Crippen LogP contribution in [0.4, 0.5) is 26.0 Å². The van der Waals surface area contributed by atoms with Crippen molar-refractivity contribution >= 4 is 28.7 Å². The SMILES string of the molecule is CCN1CCN(c2ccc(C(=O)Nc3cnn4ccc(N5CCCC5c5cc(F)ccc5F)nc34)cc2)CC1. The average molecular weight is 532 g/mol. The molecule has 0 radical (unpaired) electrons. The first-order valence-corrected chi connectivity index (χ1v) is 13.4. The Kier molecular flexibility index (Phi) is 6.86. The van der Waals surface area contributed by atoms with Gasteiger partial charge in [0.05, 0.1) is 12.2 Å². The highest BCUT2D eigenvalue weighted by Crippen LogP contribution is 2.37. The van der Waals surface area contributed by atoms with E-state index in [9.17, 15) is 13.6 Å². The number of carbonyl (C=O) groups excluding carboxylic acids is 1. The molecule has 2 aliphatic heterocycles. The van der Waals surface area contributed by atoms with Gasteiger partial charge < -0.3 is 20.0 Å². The van der Waals surface area contributed by atoms with Crippen molar-refractivity contribution < 1.29 is 13.6 Å². The highest BCUT2D eigenvalue weighted by atomic mass is 19.1. The molecule has 0 bridgehead atoms. The molecule has 2 aromatic heterocycles. The molecule has 0 aliphatic carbocycles. The molecule has 1 N–H and O–H groups in total. The van der Waals surface area contributed by atoms with Crippen LogP contribution in [-0.4, -0.2) is 64.7 Å². The summed E-state index contributed by atoms with van der Waals surface area (Å²) in [4.78, 5) is 24.6. The molecule has 2 saturated heterocycles. The summed E-state index contributed by atoms with van der Waals surface area (Å²) in [5.74, 6) is -0.520. The van der Waals surface area contributed by atoms with Crippen molar-refractivity contribution in [2.75, 3.05) is 54.4 Å². The molecule has 2 aromatic carbocycles. The normalized spacial score (nSPS) is 18.2. The van der Waals surface area contributed by atoms with Gasteiger partial charge in [0, 0.05) is 55.7 Å². The fraction of sp³-hybridized carbons (Fsp3) is 0.345. The number of nitrogens with one attached hydrogen (secondary N) is 1. The Morgan fingerprint density at radius 1 is 1.03 bits per heavy atom. The second-order valence-corrected chi connectivity index (χ2v) is 10.1. The third kappa shape index (κ3) is 5.04. The molecule has 8 nitrogen and oxygen atoms in total. The molecule has 1 unspecified atom stereocenters. The summed E-state index contributed by atoms with van der Waals surface area (Å²) in [6.45, 7) is 7.94. The maximum Gasteiger partial charge on any atom is 0.255 e. The topological polar surface area (TPSA) is 69.0 Å². The lowest BCUT2D eigenvalue weighted by atomic mass is 10.0. The van der Waals surface area contributed by atoms with E-state index >= 15 is 0 Å². The molecule has 202 valence electrons. The van der Waals surface area contributed by atoms with E-state index in [1.54, 1.807) is 23.0 Å². The van der Waals surface area contributed by atoms with Gasteiger partial charge in [-0.2, -0.15) is 5.10 Å². The number of piperazine rings is 1. The monoisotopic (exact) mass is 531 g/mol. The molecule has 6 rings (SSSR count). The van der Waals surface area contributed by atoms with Crippen molar-refractivity contribution in [1.82, 2.24) is 19.5 Å². The third-order valence-electron chi connectivity index (χ3n) is 7.78. The minimum absolute atomic E-state index is 0.250. The quantitative estimate of drug-likeness (QED) is 0.388. The van der Waals surface area contributed by atoms with Gasteiger partial charge in [-0.1, -0.05) is 6.92 Å². The lowest BCUT2D eigenvalue weighted by Gasteiger charge is -2.35. The number of nitrogens with zero attached hydrogens (tertiary/aromatic N) is 6. The number of amides is 1. The van der Waals surface area contributed by atoms with E-state index in [0.717, 1.165) is 50.9 Å². The average Bonchev–Trinajstić information content (AvgIpc) is 3.62. The predicted molar refractivity (Wildman–Crippen MR) is 147 cm³/mol. The molecule has 4 heterocycles. The largest absolute Gasteiger partial charge is 0.369 e. The number of hydrogen-bond donors (Lipinski definition) is 1. The van der Waals surface area contributed by atoms with Crippen LogP contribution in [0.1, 0.15) is 41.7 Å². The lowest BCUT2D eigenvalue weighted by Crippen LogP contribution is -2.46. The summed E-state index contributed by atoms with van der Waals surface area (Å²) >= 11 is 0. The number of aromatic nitrogens is 3. The van der Waals surface area contributed by atoms with Crippen LogP contribution >= 0.6 is 0 Å². The van der Waals surface area contributed by atoms with Gasteiger partial charge in [0.2, 0.25) is 0 Å². The first-order valence-electron chi connectivity index (χ1n) is 13.4. The molecule has 0 spiro atoms. The van der Waals surface area contributed by atoms with Crippen molar-refractivity contribution in [3.63, 3.8) is 0 Å². The molecule has 2 fully saturated rings. The Bertz CT molecular complexity index is 1480. The van der Waals surface area contributed by atoms with Crippen molar-refractivity contribution in [1.29, 1.82) is 0 Å². The number of carbonyl (C=O) groups is 1. The van der Waals surface area contributed by atoms with Crippen LogP contribution in [0.3, 0.4) is 0 Å². The Morgan fingerprint density at radius 2 is 1.82 bits per heavy atom. The zero-order chi connectivity index (χ0) is 26.9. The van der Waals surface area contributed by atoms with E-state index in [0.29, 0.717) is 41.2 Å². The van der Waals surface area contributed by atoms with Crippen molar-refractivity contribution in [3.8, 4) is 0 Å². The highest BCUT2D eigenvalue weighted by molar-refractivity contribution is 6.06. The second kappa shape index (κ2) is 10.6. The number of hydrogen-bond acceptors (Lipinski definition) is 6. The zero-order valence-corrected chi connectivity index (χ0v) is 21.9. The van der Waals surface area contributed by atoms with Gasteiger partial charge in [-0.05, 0) is 67.9 Å². The second-order valence-electron chi connectivity index (χ2n) is 10.1. The van der Waals surface area contributed by atoms with Gasteiger partial charge >= 0.3 is 0 Å². The molecular weight excluding hydrogens is 500 g/mol. The van der Waals surface area contributed by atoms with Crippen molar-refractivity contribution in [2.45, 2.75) is 25.8 Å². The van der Waals surface area contributed by atoms with Gasteiger partial charge in [0.1, 0.15) is 23.1 Å². The molecule has 1 atom stereocenters. The van der Waals surface area contributed by atoms with Gasteiger partial charge in [-0.3, -0.25) is 4.79 Å². The van der Waals surface area contributed by atoms with E-state index in [2.05, 4.69) is 27.1 Å². The van der Waals surface area contributed by atoms with Crippen LogP contribution in [0.5, 0.6) is 0 Å². The first kappa shape index (κ1) is 25.2. The van der Waals surface area contributed by atoms with Crippen LogP contribution < -0.4 is 15.1 Å². The number of benzene rings is 2. The summed E-state index contributed by atoms with van der Waals surface area (Å²) in [6, 6.07) is 12.7. The van der Waals surface area contributed by atoms with Gasteiger partial charge in [0.25, 0.3) is 5.91 Å². The lowest BCUT2D eigenvalue weighted by molar-refractivity contribution is 0.102. The number of likely N-dealkylation sites (N-methyl/N-ethyl adjacent to an activating group) is 1. The maximum atomic E-state index is 14.6. The summed E-state index contributed by atoms with van der Waals surface area (Å²) in [5.41, 5.74) is 2.94. The Morgan fingerprint density at radius 3 is 2.59 bits per heavy atom. The van der Waals surface area contributed by atoms with E-state index in [1.165, 1.54) is 12.1 Å². The van der Waals surface area contributed by atoms with Crippen LogP contribution in [-0.2, 0) is 0 Å². The number of fused-ring (bicyclic) bond motifs is 1. The van der Waals surface area contributed by atoms with E-state index in [1.807, 2.05) is 29.2 Å². The first-order chi connectivity index (χ1) is 19.0. The van der Waals surface area contributed by atoms with Crippen LogP contribution in [0.25, 0.3) is 5.65 Å². The summed E-state index contributed by atoms with van der Waals surface area (Å²) in [5, 5.41) is 7.26. The third-order valence-corrected chi connectivity index (χ3v) is 7.78. The number of rotatable bonds is 6. The Hall–Kier alpha value is -4.05. The fourth-order valence-electron chi connectivity index (χ4n) is 5.58. The predicted octanol–water partition coefficient (Wildman–Crippen LogP) is 4.74. The van der Waals surface area contributed by atoms with Crippen molar-refractivity contribution in [3.05, 3.63) is 83.7 Å². The molecule has 39 heavy (non-hydrogen) atoms. The standard InChI is InChI=1S/C29H31F2N7O/c1-2-35-14-16-36(17-15-35)22-8-5-20(6-9-22)29(39)33-25-19-32-38-13-11-27(34-28(25)38)37-12-3-4-26(37)23-18-21(30)7-10-24(23)31/h5-11,13,18-19,26H,2-4,12,14-17H2,1H3,(H,33,39). The van der Waals surface area contributed by atoms with E-state index < -0.39 is 11.6 Å². The minimum Gasteiger partial charge on any atom is -0.369 e. The molecule has 2 aliphatic rings. The van der Waals surface area contributed by atoms with Crippen LogP contribution in [0.15, 0.2) is 60.9 Å². The minimum atomic E-state index is -0.463. The van der Waals surface area contributed by atoms with E-state index in [-0.39, 0.29) is 11.9 Å². The Labute approximate surface area is 225 Å². The molecular formula is C29H31F2N7O.